The molecular formula is C18H18F2N2O3. The topological polar surface area (TPSA) is 60.3 Å². The van der Waals surface area contributed by atoms with Gasteiger partial charge in [-0.25, -0.2) is 0 Å². The van der Waals surface area contributed by atoms with E-state index >= 15 is 0 Å². The first-order valence-corrected chi connectivity index (χ1v) is 7.99. The molecule has 0 radical (unpaired) electrons. The Morgan fingerprint density at radius 2 is 2.12 bits per heavy atom. The van der Waals surface area contributed by atoms with Crippen LogP contribution in [0.15, 0.2) is 41.3 Å². The number of pyridine rings is 1. The highest BCUT2D eigenvalue weighted by atomic mass is 19.3. The van der Waals surface area contributed by atoms with E-state index < -0.39 is 6.61 Å². The van der Waals surface area contributed by atoms with E-state index in [1.807, 2.05) is 0 Å². The van der Waals surface area contributed by atoms with Gasteiger partial charge in [-0.2, -0.15) is 8.78 Å². The van der Waals surface area contributed by atoms with Crippen molar-refractivity contribution in [2.45, 2.75) is 31.9 Å². The SMILES string of the molecule is Cn1ccc(C(=O)N[C@@H]2CCCc3cc(OC(F)F)ccc32)cc1=O. The highest BCUT2D eigenvalue weighted by Crippen LogP contribution is 2.32. The Balaban J connectivity index is 1.79. The van der Waals surface area contributed by atoms with Gasteiger partial charge in [-0.1, -0.05) is 6.07 Å². The molecule has 1 aliphatic rings. The molecule has 1 aliphatic carbocycles. The van der Waals surface area contributed by atoms with Gasteiger partial charge in [0.15, 0.2) is 0 Å². The lowest BCUT2D eigenvalue weighted by Crippen LogP contribution is -2.32. The molecule has 0 spiro atoms. The molecule has 132 valence electrons. The third kappa shape index (κ3) is 3.87. The second kappa shape index (κ2) is 7.04. The lowest BCUT2D eigenvalue weighted by atomic mass is 9.87. The normalized spacial score (nSPS) is 16.4. The average Bonchev–Trinajstić information content (AvgIpc) is 2.56. The van der Waals surface area contributed by atoms with Gasteiger partial charge in [0.05, 0.1) is 6.04 Å². The summed E-state index contributed by atoms with van der Waals surface area (Å²) in [7, 11) is 1.61. The summed E-state index contributed by atoms with van der Waals surface area (Å²) in [5.74, 6) is -0.212. The number of benzene rings is 1. The molecule has 7 heteroatoms. The Bertz CT molecular complexity index is 848. The predicted molar refractivity (Wildman–Crippen MR) is 87.9 cm³/mol. The summed E-state index contributed by atoms with van der Waals surface area (Å²) in [5, 5.41) is 2.92. The minimum absolute atomic E-state index is 0.118. The summed E-state index contributed by atoms with van der Waals surface area (Å²) in [6, 6.07) is 7.44. The fourth-order valence-corrected chi connectivity index (χ4v) is 3.05. The maximum Gasteiger partial charge on any atom is 0.387 e. The number of nitrogens with zero attached hydrogens (tertiary/aromatic N) is 1. The van der Waals surface area contributed by atoms with Gasteiger partial charge < -0.3 is 14.6 Å². The number of carbonyl (C=O) groups is 1. The zero-order valence-corrected chi connectivity index (χ0v) is 13.7. The van der Waals surface area contributed by atoms with Gasteiger partial charge in [0.25, 0.3) is 11.5 Å². The van der Waals surface area contributed by atoms with Crippen LogP contribution in [0, 0.1) is 0 Å². The van der Waals surface area contributed by atoms with Crippen molar-refractivity contribution in [1.82, 2.24) is 9.88 Å². The van der Waals surface area contributed by atoms with Gasteiger partial charge >= 0.3 is 6.61 Å². The van der Waals surface area contributed by atoms with Crippen LogP contribution in [-0.2, 0) is 13.5 Å². The number of nitrogens with one attached hydrogen (secondary N) is 1. The Labute approximate surface area is 143 Å². The molecule has 1 N–H and O–H groups in total. The molecule has 0 saturated heterocycles. The average molecular weight is 348 g/mol. The van der Waals surface area contributed by atoms with Crippen molar-refractivity contribution < 1.29 is 18.3 Å². The molecule has 3 rings (SSSR count). The number of fused-ring (bicyclic) bond motifs is 1. The quantitative estimate of drug-likeness (QED) is 0.924. The first kappa shape index (κ1) is 17.1. The predicted octanol–water partition coefficient (Wildman–Crippen LogP) is 2.79. The minimum atomic E-state index is -2.86. The van der Waals surface area contributed by atoms with Gasteiger partial charge in [-0.15, -0.1) is 0 Å². The van der Waals surface area contributed by atoms with E-state index in [0.29, 0.717) is 5.56 Å². The van der Waals surface area contributed by atoms with Crippen LogP contribution in [0.5, 0.6) is 5.75 Å². The number of hydrogen-bond acceptors (Lipinski definition) is 3. The fraction of sp³-hybridized carbons (Fsp3) is 0.333. The number of halogens is 2. The van der Waals surface area contributed by atoms with Crippen LogP contribution in [-0.4, -0.2) is 17.1 Å². The molecule has 1 atom stereocenters. The molecule has 0 unspecified atom stereocenters. The van der Waals surface area contributed by atoms with Crippen molar-refractivity contribution in [2.24, 2.45) is 7.05 Å². The molecule has 2 aromatic rings. The van der Waals surface area contributed by atoms with Gasteiger partial charge in [-0.05, 0) is 48.6 Å². The van der Waals surface area contributed by atoms with Crippen LogP contribution in [0.25, 0.3) is 0 Å². The van der Waals surface area contributed by atoms with Crippen LogP contribution in [0.2, 0.25) is 0 Å². The second-order valence-electron chi connectivity index (χ2n) is 6.02. The molecule has 25 heavy (non-hydrogen) atoms. The number of amides is 1. The molecule has 1 aromatic heterocycles. The van der Waals surface area contributed by atoms with E-state index in [0.717, 1.165) is 30.4 Å². The Kier molecular flexibility index (Phi) is 4.83. The van der Waals surface area contributed by atoms with Crippen molar-refractivity contribution in [3.05, 3.63) is 63.6 Å². The fourth-order valence-electron chi connectivity index (χ4n) is 3.05. The monoisotopic (exact) mass is 348 g/mol. The third-order valence-corrected chi connectivity index (χ3v) is 4.33. The first-order valence-electron chi connectivity index (χ1n) is 7.99. The van der Waals surface area contributed by atoms with Crippen molar-refractivity contribution in [2.75, 3.05) is 0 Å². The summed E-state index contributed by atoms with van der Waals surface area (Å²) in [4.78, 5) is 24.1. The van der Waals surface area contributed by atoms with E-state index in [1.54, 1.807) is 31.4 Å². The standard InChI is InChI=1S/C18H18F2N2O3/c1-22-8-7-12(10-16(22)23)17(24)21-15-4-2-3-11-9-13(25-18(19)20)5-6-14(11)15/h5-10,15,18H,2-4H2,1H3,(H,21,24)/t15-/m1/s1. The van der Waals surface area contributed by atoms with E-state index in [4.69, 9.17) is 0 Å². The number of alkyl halides is 2. The summed E-state index contributed by atoms with van der Waals surface area (Å²) >= 11 is 0. The maximum absolute atomic E-state index is 12.4. The smallest absolute Gasteiger partial charge is 0.387 e. The lowest BCUT2D eigenvalue weighted by molar-refractivity contribution is -0.0499. The summed E-state index contributed by atoms with van der Waals surface area (Å²) in [6.07, 6.45) is 3.86. The molecule has 1 aromatic carbocycles. The van der Waals surface area contributed by atoms with Gasteiger partial charge in [0, 0.05) is 24.9 Å². The number of hydrogen-bond donors (Lipinski definition) is 1. The van der Waals surface area contributed by atoms with Crippen molar-refractivity contribution in [3.63, 3.8) is 0 Å². The number of ether oxygens (including phenoxy) is 1. The number of carbonyl (C=O) groups excluding carboxylic acids is 1. The van der Waals surface area contributed by atoms with Gasteiger partial charge in [-0.3, -0.25) is 9.59 Å². The number of rotatable bonds is 4. The zero-order valence-electron chi connectivity index (χ0n) is 13.7. The minimum Gasteiger partial charge on any atom is -0.435 e. The largest absolute Gasteiger partial charge is 0.435 e. The summed E-state index contributed by atoms with van der Waals surface area (Å²) < 4.78 is 30.5. The van der Waals surface area contributed by atoms with Crippen LogP contribution < -0.4 is 15.6 Å². The highest BCUT2D eigenvalue weighted by molar-refractivity contribution is 5.94. The van der Waals surface area contributed by atoms with Crippen molar-refractivity contribution in [3.8, 4) is 5.75 Å². The Morgan fingerprint density at radius 1 is 1.32 bits per heavy atom. The third-order valence-electron chi connectivity index (χ3n) is 4.33. The van der Waals surface area contributed by atoms with Gasteiger partial charge in [0.2, 0.25) is 0 Å². The molecule has 0 fully saturated rings. The number of aryl methyl sites for hydroxylation is 2. The molecule has 1 amide bonds. The van der Waals surface area contributed by atoms with Crippen molar-refractivity contribution in [1.29, 1.82) is 0 Å². The molecule has 0 saturated carbocycles. The highest BCUT2D eigenvalue weighted by Gasteiger charge is 2.23. The van der Waals surface area contributed by atoms with Crippen LogP contribution in [0.1, 0.15) is 40.4 Å². The molecular weight excluding hydrogens is 330 g/mol. The van der Waals surface area contributed by atoms with E-state index in [-0.39, 0.29) is 23.3 Å². The van der Waals surface area contributed by atoms with E-state index in [1.165, 1.54) is 16.7 Å². The van der Waals surface area contributed by atoms with Gasteiger partial charge in [0.1, 0.15) is 5.75 Å². The Hall–Kier alpha value is -2.70. The lowest BCUT2D eigenvalue weighted by Gasteiger charge is -2.27. The molecule has 0 aliphatic heterocycles. The number of aromatic nitrogens is 1. The van der Waals surface area contributed by atoms with Crippen LogP contribution in [0.4, 0.5) is 8.78 Å². The van der Waals surface area contributed by atoms with Crippen LogP contribution >= 0.6 is 0 Å². The molecule has 5 nitrogen and oxygen atoms in total. The van der Waals surface area contributed by atoms with Crippen molar-refractivity contribution >= 4 is 5.91 Å². The second-order valence-corrected chi connectivity index (χ2v) is 6.02. The van der Waals surface area contributed by atoms with E-state index in [9.17, 15) is 18.4 Å². The summed E-state index contributed by atoms with van der Waals surface area (Å²) in [6.45, 7) is -2.86. The summed E-state index contributed by atoms with van der Waals surface area (Å²) in [5.41, 5.74) is 1.82. The molecule has 1 heterocycles. The molecule has 0 bridgehead atoms. The Morgan fingerprint density at radius 3 is 2.84 bits per heavy atom. The zero-order chi connectivity index (χ0) is 18.0. The first-order chi connectivity index (χ1) is 11.9. The van der Waals surface area contributed by atoms with Crippen LogP contribution in [0.3, 0.4) is 0 Å². The van der Waals surface area contributed by atoms with E-state index in [2.05, 4.69) is 10.1 Å². The maximum atomic E-state index is 12.4.